The molecule has 0 aliphatic carbocycles. The summed E-state index contributed by atoms with van der Waals surface area (Å²) in [6.07, 6.45) is 7.48. The fourth-order valence-electron chi connectivity index (χ4n) is 4.47. The summed E-state index contributed by atoms with van der Waals surface area (Å²) in [4.78, 5) is 12.0. The highest BCUT2D eigenvalue weighted by molar-refractivity contribution is 6.03. The predicted molar refractivity (Wildman–Crippen MR) is 134 cm³/mol. The van der Waals surface area contributed by atoms with E-state index in [0.717, 1.165) is 33.5 Å². The molecule has 0 spiro atoms. The van der Waals surface area contributed by atoms with Gasteiger partial charge in [-0.2, -0.15) is 8.78 Å². The number of hydrogen-bond acceptors (Lipinski definition) is 6. The summed E-state index contributed by atoms with van der Waals surface area (Å²) in [5.41, 5.74) is 7.23. The molecule has 13 heteroatoms. The molecule has 1 aliphatic heterocycles. The maximum absolute atomic E-state index is 15.4. The number of nitrogens with one attached hydrogen (secondary N) is 1. The number of fused-ring (bicyclic) bond motifs is 3. The van der Waals surface area contributed by atoms with Crippen molar-refractivity contribution in [2.45, 2.75) is 25.4 Å². The summed E-state index contributed by atoms with van der Waals surface area (Å²) >= 11 is 0. The highest BCUT2D eigenvalue weighted by Crippen LogP contribution is 2.41. The Kier molecular flexibility index (Phi) is 6.43. The van der Waals surface area contributed by atoms with Crippen molar-refractivity contribution in [3.05, 3.63) is 78.0 Å². The van der Waals surface area contributed by atoms with Crippen LogP contribution in [0, 0.1) is 12.7 Å². The molecule has 9 nitrogen and oxygen atoms in total. The molecule has 0 aromatic carbocycles. The van der Waals surface area contributed by atoms with Gasteiger partial charge in [-0.1, -0.05) is 0 Å². The first-order chi connectivity index (χ1) is 18.3. The number of aromatic nitrogens is 6. The molecule has 0 amide bonds. The Morgan fingerprint density at radius 2 is 2.11 bits per heavy atom. The summed E-state index contributed by atoms with van der Waals surface area (Å²) in [7, 11) is 1.61. The van der Waals surface area contributed by atoms with Crippen LogP contribution in [0.3, 0.4) is 0 Å². The van der Waals surface area contributed by atoms with Gasteiger partial charge >= 0.3 is 5.92 Å². The van der Waals surface area contributed by atoms with Crippen LogP contribution in [0.15, 0.2) is 60.1 Å². The number of anilines is 1. The van der Waals surface area contributed by atoms with Gasteiger partial charge in [0.2, 0.25) is 5.82 Å². The Hall–Kier alpha value is -4.55. The van der Waals surface area contributed by atoms with Crippen molar-refractivity contribution < 1.29 is 17.6 Å². The van der Waals surface area contributed by atoms with Crippen LogP contribution >= 0.6 is 0 Å². The first-order valence-electron chi connectivity index (χ1n) is 11.6. The average molecular weight is 526 g/mol. The van der Waals surface area contributed by atoms with Crippen LogP contribution in [0.2, 0.25) is 0 Å². The number of rotatable bonds is 6. The molecule has 0 saturated carbocycles. The summed E-state index contributed by atoms with van der Waals surface area (Å²) in [6, 6.07) is 4.64. The zero-order valence-corrected chi connectivity index (χ0v) is 20.4. The minimum Gasteiger partial charge on any atom is -0.404 e. The van der Waals surface area contributed by atoms with Crippen molar-refractivity contribution in [1.29, 1.82) is 0 Å². The zero-order valence-electron chi connectivity index (χ0n) is 20.4. The fraction of sp³-hybridized carbons (Fsp3) is 0.240. The van der Waals surface area contributed by atoms with E-state index in [0.29, 0.717) is 17.3 Å². The second-order valence-corrected chi connectivity index (χ2v) is 8.68. The number of amidine groups is 1. The van der Waals surface area contributed by atoms with E-state index in [2.05, 4.69) is 30.5 Å². The summed E-state index contributed by atoms with van der Waals surface area (Å²) in [5, 5.41) is 10.7. The molecule has 0 saturated heterocycles. The zero-order chi connectivity index (χ0) is 27.0. The molecule has 5 rings (SSSR count). The van der Waals surface area contributed by atoms with E-state index in [1.54, 1.807) is 36.2 Å². The maximum Gasteiger partial charge on any atom is 0.351 e. The van der Waals surface area contributed by atoms with E-state index < -0.39 is 36.0 Å². The van der Waals surface area contributed by atoms with Gasteiger partial charge in [0.15, 0.2) is 17.3 Å². The van der Waals surface area contributed by atoms with Crippen molar-refractivity contribution in [1.82, 2.24) is 29.3 Å². The summed E-state index contributed by atoms with van der Waals surface area (Å²) < 4.78 is 62.0. The third-order valence-corrected chi connectivity index (χ3v) is 6.27. The molecule has 1 aliphatic rings. The lowest BCUT2D eigenvalue weighted by atomic mass is 10.1. The number of pyridine rings is 2. The molecule has 38 heavy (non-hydrogen) atoms. The molecular weight excluding hydrogens is 502 g/mol. The molecule has 0 fully saturated rings. The van der Waals surface area contributed by atoms with E-state index in [1.807, 2.05) is 13.0 Å². The van der Waals surface area contributed by atoms with E-state index >= 15 is 8.78 Å². The molecule has 0 radical (unpaired) electrons. The molecule has 3 N–H and O–H groups in total. The number of halogens is 4. The first-order valence-corrected chi connectivity index (χ1v) is 11.6. The Labute approximate surface area is 214 Å². The van der Waals surface area contributed by atoms with Crippen molar-refractivity contribution in [2.75, 3.05) is 19.0 Å². The minimum atomic E-state index is -3.93. The van der Waals surface area contributed by atoms with Gasteiger partial charge in [-0.05, 0) is 54.6 Å². The molecule has 5 heterocycles. The van der Waals surface area contributed by atoms with Gasteiger partial charge in [-0.3, -0.25) is 14.5 Å². The normalized spacial score (nSPS) is 15.5. The van der Waals surface area contributed by atoms with Gasteiger partial charge in [-0.15, -0.1) is 10.2 Å². The van der Waals surface area contributed by atoms with Gasteiger partial charge in [-0.25, -0.2) is 13.8 Å². The van der Waals surface area contributed by atoms with Gasteiger partial charge < -0.3 is 15.6 Å². The van der Waals surface area contributed by atoms with Gasteiger partial charge in [0.25, 0.3) is 0 Å². The quantitative estimate of drug-likeness (QED) is 0.221. The van der Waals surface area contributed by atoms with Gasteiger partial charge in [0.1, 0.15) is 18.3 Å². The fourth-order valence-corrected chi connectivity index (χ4v) is 4.47. The van der Waals surface area contributed by atoms with Crippen LogP contribution in [-0.4, -0.2) is 48.9 Å². The van der Waals surface area contributed by atoms with Crippen LogP contribution < -0.4 is 11.1 Å². The van der Waals surface area contributed by atoms with E-state index in [9.17, 15) is 8.78 Å². The Balaban J connectivity index is 1.58. The molecule has 4 aromatic heterocycles. The number of nitrogens with zero attached hydrogens (tertiary/aromatic N) is 7. The van der Waals surface area contributed by atoms with Gasteiger partial charge in [0.05, 0.1) is 11.7 Å². The smallest absolute Gasteiger partial charge is 0.351 e. The SMILES string of the molecule is CN=C(C=CN)Nc1cc(-c2cc3n(c2)C[C@H](CF)n2c-3nnc2C(F)(F)c2ncccc2F)c(C)cn1. The lowest BCUT2D eigenvalue weighted by molar-refractivity contribution is 0.0173. The summed E-state index contributed by atoms with van der Waals surface area (Å²) in [5.74, 6) is -4.92. The van der Waals surface area contributed by atoms with Crippen LogP contribution in [-0.2, 0) is 12.5 Å². The van der Waals surface area contributed by atoms with Crippen molar-refractivity contribution in [3.8, 4) is 22.6 Å². The number of aliphatic imine (C=N–C) groups is 1. The molecule has 0 bridgehead atoms. The number of nitrogens with two attached hydrogens (primary N) is 1. The average Bonchev–Trinajstić information content (AvgIpc) is 3.54. The molecule has 0 unspecified atom stereocenters. The Morgan fingerprint density at radius 1 is 1.29 bits per heavy atom. The van der Waals surface area contributed by atoms with Crippen LogP contribution in [0.25, 0.3) is 22.6 Å². The third-order valence-electron chi connectivity index (χ3n) is 6.27. The molecule has 4 aromatic rings. The van der Waals surface area contributed by atoms with E-state index in [4.69, 9.17) is 5.73 Å². The van der Waals surface area contributed by atoms with Crippen LogP contribution in [0.4, 0.5) is 23.4 Å². The van der Waals surface area contributed by atoms with Crippen LogP contribution in [0.5, 0.6) is 0 Å². The van der Waals surface area contributed by atoms with Crippen molar-refractivity contribution in [3.63, 3.8) is 0 Å². The topological polar surface area (TPSA) is 112 Å². The summed E-state index contributed by atoms with van der Waals surface area (Å²) in [6.45, 7) is 0.972. The maximum atomic E-state index is 15.4. The van der Waals surface area contributed by atoms with Crippen LogP contribution in [0.1, 0.15) is 23.1 Å². The van der Waals surface area contributed by atoms with E-state index in [-0.39, 0.29) is 12.4 Å². The molecular formula is C25H23F4N9. The highest BCUT2D eigenvalue weighted by Gasteiger charge is 2.46. The molecule has 1 atom stereocenters. The monoisotopic (exact) mass is 525 g/mol. The molecule has 196 valence electrons. The lowest BCUT2D eigenvalue weighted by Gasteiger charge is -2.27. The largest absolute Gasteiger partial charge is 0.404 e. The predicted octanol–water partition coefficient (Wildman–Crippen LogP) is 4.23. The second-order valence-electron chi connectivity index (χ2n) is 8.68. The van der Waals surface area contributed by atoms with Crippen molar-refractivity contribution >= 4 is 11.7 Å². The van der Waals surface area contributed by atoms with Crippen molar-refractivity contribution in [2.24, 2.45) is 10.7 Å². The Morgan fingerprint density at radius 3 is 2.82 bits per heavy atom. The van der Waals surface area contributed by atoms with E-state index in [1.165, 1.54) is 12.3 Å². The highest BCUT2D eigenvalue weighted by atomic mass is 19.3. The minimum absolute atomic E-state index is 0.0494. The first kappa shape index (κ1) is 25.1. The Bertz CT molecular complexity index is 1550. The van der Waals surface area contributed by atoms with Gasteiger partial charge in [0, 0.05) is 37.7 Å². The standard InChI is InChI=1S/C25H23F4N9/c1-14-11-33-21(34-20(31-2)5-6-30)9-17(14)15-8-19-23-35-36-24(38(23)16(10-26)13-37(19)12-15)25(28,29)22-18(27)4-3-7-32-22/h3-9,11-12,16H,10,13,30H2,1-2H3,(H,31,33,34)/t16-/m0/s1. The number of aryl methyl sites for hydroxylation is 1. The third kappa shape index (κ3) is 4.19. The second kappa shape index (κ2) is 9.72. The lowest BCUT2D eigenvalue weighted by Crippen LogP contribution is -2.31. The number of hydrogen-bond donors (Lipinski definition) is 2. The number of alkyl halides is 3.